The van der Waals surface area contributed by atoms with Gasteiger partial charge in [0.25, 0.3) is 0 Å². The van der Waals surface area contributed by atoms with E-state index >= 15 is 0 Å². The Labute approximate surface area is 199 Å². The number of fused-ring (bicyclic) bond motifs is 1. The van der Waals surface area contributed by atoms with Gasteiger partial charge in [0.2, 0.25) is 0 Å². The SMILES string of the molecule is C=C(/C(OCC(F)(F)F)=C(\CC)N=C(C1CCN(C)C1)N(C)CC)c1c(C)ccc2[nH]ncc12. The molecule has 1 saturated heterocycles. The topological polar surface area (TPSA) is 56.8 Å². The number of nitrogens with zero attached hydrogens (tertiary/aromatic N) is 4. The van der Waals surface area contributed by atoms with Crippen molar-refractivity contribution < 1.29 is 17.9 Å². The predicted octanol–water partition coefficient (Wildman–Crippen LogP) is 5.39. The van der Waals surface area contributed by atoms with E-state index in [4.69, 9.17) is 9.73 Å². The second kappa shape index (κ2) is 10.6. The molecule has 0 radical (unpaired) electrons. The summed E-state index contributed by atoms with van der Waals surface area (Å²) in [5, 5.41) is 7.78. The standard InChI is InChI=1S/C25H34F3N5O/c1-7-20(30-24(33(6)8-2)18-11-12-32(5)14-18)23(34-15-25(26,27)28)17(4)22-16(3)9-10-21-19(22)13-29-31-21/h9-10,13,18H,4,7-8,11-12,14-15H2,1-3,5-6H3,(H,29,31)/b23-20-,30-24?. The van der Waals surface area contributed by atoms with Gasteiger partial charge < -0.3 is 14.5 Å². The minimum absolute atomic E-state index is 0.0741. The molecule has 6 nitrogen and oxygen atoms in total. The average Bonchev–Trinajstić information content (AvgIpc) is 3.43. The van der Waals surface area contributed by atoms with Gasteiger partial charge in [-0.15, -0.1) is 0 Å². The molecule has 9 heteroatoms. The third-order valence-electron chi connectivity index (χ3n) is 6.26. The summed E-state index contributed by atoms with van der Waals surface area (Å²) >= 11 is 0. The maximum atomic E-state index is 13.2. The number of allylic oxidation sites excluding steroid dienone is 2. The molecule has 3 rings (SSSR count). The second-order valence-corrected chi connectivity index (χ2v) is 8.83. The second-order valence-electron chi connectivity index (χ2n) is 8.83. The molecule has 1 fully saturated rings. The van der Waals surface area contributed by atoms with E-state index in [1.807, 2.05) is 40.0 Å². The number of halogens is 3. The Balaban J connectivity index is 2.16. The number of rotatable bonds is 8. The van der Waals surface area contributed by atoms with E-state index in [0.29, 0.717) is 23.3 Å². The van der Waals surface area contributed by atoms with Crippen molar-refractivity contribution in [3.8, 4) is 0 Å². The van der Waals surface area contributed by atoms with E-state index in [1.165, 1.54) is 0 Å². The minimum atomic E-state index is -4.48. The van der Waals surface area contributed by atoms with Crippen molar-refractivity contribution in [3.05, 3.63) is 47.5 Å². The smallest absolute Gasteiger partial charge is 0.422 e. The molecule has 1 atom stereocenters. The summed E-state index contributed by atoms with van der Waals surface area (Å²) in [6.07, 6.45) is -1.48. The van der Waals surface area contributed by atoms with Crippen LogP contribution in [0.3, 0.4) is 0 Å². The Kier molecular flexibility index (Phi) is 8.07. The Morgan fingerprint density at radius 2 is 2.09 bits per heavy atom. The lowest BCUT2D eigenvalue weighted by atomic mass is 9.95. The first-order valence-corrected chi connectivity index (χ1v) is 11.6. The van der Waals surface area contributed by atoms with Crippen molar-refractivity contribution >= 4 is 22.3 Å². The molecule has 1 aliphatic heterocycles. The Morgan fingerprint density at radius 3 is 2.68 bits per heavy atom. The fraction of sp³-hybridized carbons (Fsp3) is 0.520. The van der Waals surface area contributed by atoms with Crippen molar-refractivity contribution in [2.24, 2.45) is 10.9 Å². The first-order valence-electron chi connectivity index (χ1n) is 11.6. The molecule has 1 aromatic carbocycles. The molecule has 1 aliphatic rings. The van der Waals surface area contributed by atoms with E-state index < -0.39 is 12.8 Å². The Bertz CT molecular complexity index is 1090. The zero-order valence-electron chi connectivity index (χ0n) is 20.6. The number of ether oxygens (including phenoxy) is 1. The van der Waals surface area contributed by atoms with E-state index in [1.54, 1.807) is 6.20 Å². The lowest BCUT2D eigenvalue weighted by Crippen LogP contribution is -2.34. The summed E-state index contributed by atoms with van der Waals surface area (Å²) in [5.74, 6) is 1.14. The van der Waals surface area contributed by atoms with Crippen LogP contribution in [-0.2, 0) is 4.74 Å². The molecule has 34 heavy (non-hydrogen) atoms. The van der Waals surface area contributed by atoms with E-state index in [0.717, 1.165) is 48.4 Å². The van der Waals surface area contributed by atoms with Crippen LogP contribution in [0.15, 0.2) is 41.4 Å². The number of aromatic nitrogens is 2. The summed E-state index contributed by atoms with van der Waals surface area (Å²) in [6, 6.07) is 3.78. The van der Waals surface area contributed by atoms with Gasteiger partial charge in [-0.1, -0.05) is 19.6 Å². The molecule has 1 unspecified atom stereocenters. The van der Waals surface area contributed by atoms with Gasteiger partial charge in [-0.2, -0.15) is 18.3 Å². The van der Waals surface area contributed by atoms with Gasteiger partial charge in [0, 0.05) is 37.0 Å². The fourth-order valence-electron chi connectivity index (χ4n) is 4.36. The summed E-state index contributed by atoms with van der Waals surface area (Å²) in [4.78, 5) is 9.24. The van der Waals surface area contributed by atoms with E-state index in [9.17, 15) is 13.2 Å². The molecule has 0 aliphatic carbocycles. The van der Waals surface area contributed by atoms with Gasteiger partial charge in [-0.25, -0.2) is 4.99 Å². The van der Waals surface area contributed by atoms with Crippen molar-refractivity contribution in [1.82, 2.24) is 20.0 Å². The summed E-state index contributed by atoms with van der Waals surface area (Å²) < 4.78 is 45.1. The highest BCUT2D eigenvalue weighted by Gasteiger charge is 2.31. The van der Waals surface area contributed by atoms with Gasteiger partial charge in [-0.3, -0.25) is 5.10 Å². The number of amidine groups is 1. The Morgan fingerprint density at radius 1 is 1.35 bits per heavy atom. The highest BCUT2D eigenvalue weighted by Crippen LogP contribution is 2.35. The van der Waals surface area contributed by atoms with Gasteiger partial charge >= 0.3 is 6.18 Å². The lowest BCUT2D eigenvalue weighted by molar-refractivity contribution is -0.163. The van der Waals surface area contributed by atoms with Crippen LogP contribution in [0.25, 0.3) is 16.5 Å². The number of nitrogens with one attached hydrogen (secondary N) is 1. The zero-order valence-corrected chi connectivity index (χ0v) is 20.6. The molecular weight excluding hydrogens is 443 g/mol. The van der Waals surface area contributed by atoms with Gasteiger partial charge in [0.05, 0.1) is 17.4 Å². The average molecular weight is 478 g/mol. The van der Waals surface area contributed by atoms with Crippen LogP contribution in [0, 0.1) is 12.8 Å². The molecule has 1 N–H and O–H groups in total. The monoisotopic (exact) mass is 477 g/mol. The summed E-state index contributed by atoms with van der Waals surface area (Å²) in [7, 11) is 4.03. The number of H-pyrrole nitrogens is 1. The highest BCUT2D eigenvalue weighted by molar-refractivity contribution is 5.96. The van der Waals surface area contributed by atoms with Gasteiger partial charge in [-0.05, 0) is 57.5 Å². The summed E-state index contributed by atoms with van der Waals surface area (Å²) in [5.41, 5.74) is 3.18. The number of alkyl halides is 3. The van der Waals surface area contributed by atoms with Crippen LogP contribution in [0.2, 0.25) is 0 Å². The number of likely N-dealkylation sites (tertiary alicyclic amines) is 1. The molecule has 0 saturated carbocycles. The largest absolute Gasteiger partial charge is 0.482 e. The Hall–Kier alpha value is -2.81. The number of hydrogen-bond acceptors (Lipinski definition) is 4. The maximum Gasteiger partial charge on any atom is 0.422 e. The van der Waals surface area contributed by atoms with Crippen molar-refractivity contribution in [3.63, 3.8) is 0 Å². The maximum absolute atomic E-state index is 13.2. The first kappa shape index (κ1) is 25.8. The molecule has 186 valence electrons. The molecule has 1 aromatic heterocycles. The van der Waals surface area contributed by atoms with Crippen LogP contribution < -0.4 is 0 Å². The third-order valence-corrected chi connectivity index (χ3v) is 6.26. The van der Waals surface area contributed by atoms with E-state index in [2.05, 4.69) is 33.6 Å². The molecular formula is C25H34F3N5O. The zero-order chi connectivity index (χ0) is 25.0. The van der Waals surface area contributed by atoms with Crippen LogP contribution >= 0.6 is 0 Å². The highest BCUT2D eigenvalue weighted by atomic mass is 19.4. The number of aliphatic imine (C=N–C) groups is 1. The number of hydrogen-bond donors (Lipinski definition) is 1. The normalized spacial score (nSPS) is 18.4. The number of aromatic amines is 1. The van der Waals surface area contributed by atoms with Crippen LogP contribution in [0.4, 0.5) is 13.2 Å². The van der Waals surface area contributed by atoms with E-state index in [-0.39, 0.29) is 11.7 Å². The van der Waals surface area contributed by atoms with Crippen molar-refractivity contribution in [2.75, 3.05) is 40.3 Å². The van der Waals surface area contributed by atoms with Crippen molar-refractivity contribution in [2.45, 2.75) is 39.8 Å². The number of aryl methyl sites for hydroxylation is 1. The lowest BCUT2D eigenvalue weighted by Gasteiger charge is -2.26. The van der Waals surface area contributed by atoms with Crippen LogP contribution in [0.5, 0.6) is 0 Å². The van der Waals surface area contributed by atoms with Crippen LogP contribution in [-0.4, -0.2) is 72.3 Å². The quantitative estimate of drug-likeness (QED) is 0.240. The van der Waals surface area contributed by atoms with Gasteiger partial charge in [0.1, 0.15) is 11.6 Å². The minimum Gasteiger partial charge on any atom is -0.482 e. The molecule has 0 spiro atoms. The molecule has 2 heterocycles. The van der Waals surface area contributed by atoms with Gasteiger partial charge in [0.15, 0.2) is 6.61 Å². The summed E-state index contributed by atoms with van der Waals surface area (Å²) in [6.45, 7) is 11.1. The van der Waals surface area contributed by atoms with Crippen LogP contribution in [0.1, 0.15) is 37.8 Å². The third kappa shape index (κ3) is 5.81. The molecule has 0 bridgehead atoms. The number of benzene rings is 1. The van der Waals surface area contributed by atoms with Crippen molar-refractivity contribution in [1.29, 1.82) is 0 Å². The molecule has 2 aromatic rings. The fourth-order valence-corrected chi connectivity index (χ4v) is 4.36. The molecule has 0 amide bonds. The first-order chi connectivity index (χ1) is 16.1. The predicted molar refractivity (Wildman–Crippen MR) is 131 cm³/mol.